The minimum absolute atomic E-state index is 0.0815. The Balaban J connectivity index is 1.22. The van der Waals surface area contributed by atoms with Crippen LogP contribution in [0.15, 0.2) is 55.1 Å². The lowest BCUT2D eigenvalue weighted by Crippen LogP contribution is -2.35. The van der Waals surface area contributed by atoms with Crippen LogP contribution in [0, 0.1) is 0 Å². The predicted molar refractivity (Wildman–Crippen MR) is 177 cm³/mol. The van der Waals surface area contributed by atoms with Crippen molar-refractivity contribution in [1.29, 1.82) is 0 Å². The van der Waals surface area contributed by atoms with E-state index in [0.29, 0.717) is 105 Å². The zero-order chi connectivity index (χ0) is 32.8. The second-order valence-corrected chi connectivity index (χ2v) is 11.5. The van der Waals surface area contributed by atoms with E-state index >= 15 is 0 Å². The fourth-order valence-corrected chi connectivity index (χ4v) is 5.96. The Kier molecular flexibility index (Phi) is 10.2. The van der Waals surface area contributed by atoms with Crippen LogP contribution in [0.4, 0.5) is 0 Å². The number of ether oxygens (including phenoxy) is 2. The second kappa shape index (κ2) is 14.8. The van der Waals surface area contributed by atoms with Crippen molar-refractivity contribution in [2.75, 3.05) is 20.8 Å². The molecule has 5 aromatic rings. The Hall–Kier alpha value is -4.69. The van der Waals surface area contributed by atoms with E-state index in [9.17, 15) is 4.79 Å². The first-order chi connectivity index (χ1) is 22.9. The minimum atomic E-state index is 0.0815. The molecule has 0 aliphatic carbocycles. The van der Waals surface area contributed by atoms with Gasteiger partial charge in [0.1, 0.15) is 23.5 Å². The first kappa shape index (κ1) is 32.3. The maximum absolute atomic E-state index is 11.5. The van der Waals surface area contributed by atoms with Gasteiger partial charge in [-0.2, -0.15) is 5.10 Å². The van der Waals surface area contributed by atoms with Crippen LogP contribution in [0.25, 0.3) is 33.6 Å². The first-order valence-electron chi connectivity index (χ1n) is 14.9. The summed E-state index contributed by atoms with van der Waals surface area (Å²) in [5.74, 6) is 1.56. The van der Waals surface area contributed by atoms with Gasteiger partial charge >= 0.3 is 0 Å². The number of carbonyl (C=O) groups is 1. The van der Waals surface area contributed by atoms with Gasteiger partial charge in [0.25, 0.3) is 0 Å². The van der Waals surface area contributed by atoms with Crippen LogP contribution >= 0.6 is 23.2 Å². The van der Waals surface area contributed by atoms with E-state index in [1.165, 1.54) is 6.33 Å². The molecule has 2 aromatic carbocycles. The highest BCUT2D eigenvalue weighted by molar-refractivity contribution is 6.39. The van der Waals surface area contributed by atoms with Gasteiger partial charge in [-0.15, -0.1) is 0 Å². The zero-order valence-electron chi connectivity index (χ0n) is 25.7. The van der Waals surface area contributed by atoms with Gasteiger partial charge in [-0.3, -0.25) is 19.9 Å². The SMILES string of the molecule is COc1nc(-c2cccc(-c3cccc(-c4cnc(CNC[C@@H]5CCC(=O)N5)c(OC)n4)c3Cl)c2Cl)cnc1CNCc1ncn[nH]1. The van der Waals surface area contributed by atoms with E-state index < -0.39 is 0 Å². The summed E-state index contributed by atoms with van der Waals surface area (Å²) in [6.07, 6.45) is 6.16. The third kappa shape index (κ3) is 7.33. The fraction of sp³-hybridized carbons (Fsp3) is 0.281. The largest absolute Gasteiger partial charge is 0.480 e. The second-order valence-electron chi connectivity index (χ2n) is 10.7. The molecule has 1 amide bonds. The van der Waals surface area contributed by atoms with E-state index in [1.807, 2.05) is 36.4 Å². The normalized spacial score (nSPS) is 14.3. The average molecular weight is 676 g/mol. The van der Waals surface area contributed by atoms with Crippen LogP contribution in [-0.2, 0) is 24.4 Å². The van der Waals surface area contributed by atoms with E-state index in [-0.39, 0.29) is 11.9 Å². The molecule has 4 heterocycles. The molecule has 15 heteroatoms. The lowest BCUT2D eigenvalue weighted by molar-refractivity contribution is -0.119. The molecule has 3 aromatic heterocycles. The van der Waals surface area contributed by atoms with Crippen molar-refractivity contribution in [2.45, 2.75) is 38.5 Å². The average Bonchev–Trinajstić information content (AvgIpc) is 3.77. The van der Waals surface area contributed by atoms with Crippen LogP contribution in [0.3, 0.4) is 0 Å². The van der Waals surface area contributed by atoms with E-state index in [1.54, 1.807) is 26.6 Å². The summed E-state index contributed by atoms with van der Waals surface area (Å²) in [4.78, 5) is 34.2. The third-order valence-electron chi connectivity index (χ3n) is 7.67. The Morgan fingerprint density at radius 3 is 1.89 bits per heavy atom. The smallest absolute Gasteiger partial charge is 0.237 e. The molecular weight excluding hydrogens is 643 g/mol. The number of nitrogens with one attached hydrogen (secondary N) is 4. The highest BCUT2D eigenvalue weighted by Crippen LogP contribution is 2.42. The topological polar surface area (TPSA) is 165 Å². The highest BCUT2D eigenvalue weighted by Gasteiger charge is 2.21. The number of nitrogens with zero attached hydrogens (tertiary/aromatic N) is 6. The highest BCUT2D eigenvalue weighted by atomic mass is 35.5. The fourth-order valence-electron chi connectivity index (χ4n) is 5.31. The Bertz CT molecular complexity index is 1870. The molecule has 1 aliphatic heterocycles. The lowest BCUT2D eigenvalue weighted by Gasteiger charge is -2.15. The molecule has 6 rings (SSSR count). The maximum Gasteiger partial charge on any atom is 0.237 e. The Morgan fingerprint density at radius 2 is 1.38 bits per heavy atom. The van der Waals surface area contributed by atoms with Crippen LogP contribution in [0.2, 0.25) is 10.0 Å². The van der Waals surface area contributed by atoms with Gasteiger partial charge in [0.05, 0.1) is 54.6 Å². The number of methoxy groups -OCH3 is 2. The summed E-state index contributed by atoms with van der Waals surface area (Å²) in [5, 5.41) is 17.1. The van der Waals surface area contributed by atoms with Crippen molar-refractivity contribution < 1.29 is 14.3 Å². The van der Waals surface area contributed by atoms with Crippen LogP contribution in [-0.4, -0.2) is 67.8 Å². The summed E-state index contributed by atoms with van der Waals surface area (Å²) < 4.78 is 11.1. The zero-order valence-corrected chi connectivity index (χ0v) is 27.2. The number of aromatic amines is 1. The maximum atomic E-state index is 11.5. The van der Waals surface area contributed by atoms with Crippen molar-refractivity contribution in [1.82, 2.24) is 51.1 Å². The van der Waals surface area contributed by atoms with Gasteiger partial charge < -0.3 is 25.4 Å². The van der Waals surface area contributed by atoms with Crippen LogP contribution in [0.1, 0.15) is 30.1 Å². The van der Waals surface area contributed by atoms with Crippen molar-refractivity contribution in [3.63, 3.8) is 0 Å². The molecule has 1 atom stereocenters. The molecule has 0 spiro atoms. The number of rotatable bonds is 13. The number of aromatic nitrogens is 7. The minimum Gasteiger partial charge on any atom is -0.480 e. The molecule has 0 saturated carbocycles. The molecular formula is C32H32Cl2N10O3. The molecule has 0 bridgehead atoms. The first-order valence-corrected chi connectivity index (χ1v) is 15.6. The molecule has 1 saturated heterocycles. The van der Waals surface area contributed by atoms with E-state index in [2.05, 4.69) is 41.1 Å². The van der Waals surface area contributed by atoms with Crippen molar-refractivity contribution in [3.8, 4) is 45.4 Å². The molecule has 242 valence electrons. The summed E-state index contributed by atoms with van der Waals surface area (Å²) in [7, 11) is 3.10. The summed E-state index contributed by atoms with van der Waals surface area (Å²) in [5.41, 5.74) is 5.17. The number of hydrogen-bond acceptors (Lipinski definition) is 11. The van der Waals surface area contributed by atoms with Gasteiger partial charge in [0.2, 0.25) is 17.7 Å². The van der Waals surface area contributed by atoms with Crippen LogP contribution in [0.5, 0.6) is 11.8 Å². The van der Waals surface area contributed by atoms with Gasteiger partial charge in [-0.25, -0.2) is 15.0 Å². The number of H-pyrrole nitrogens is 1. The van der Waals surface area contributed by atoms with Crippen molar-refractivity contribution in [3.05, 3.63) is 82.4 Å². The number of hydrogen-bond donors (Lipinski definition) is 4. The lowest BCUT2D eigenvalue weighted by atomic mass is 9.98. The molecule has 47 heavy (non-hydrogen) atoms. The molecule has 0 unspecified atom stereocenters. The standard InChI is InChI=1S/C32H32Cl2N10O3/c1-46-31-25(12-35-11-18-9-10-28(45)41-18)37-14-23(42-31)21-7-3-5-19(29(21)33)20-6-4-8-22(30(20)34)24-15-38-26(32(43-24)47-2)13-36-16-27-39-17-40-44-27/h3-8,14-15,17-18,35-36H,9-13,16H2,1-2H3,(H,41,45)(H,39,40,44)/t18-/m0/s1. The van der Waals surface area contributed by atoms with Crippen molar-refractivity contribution >= 4 is 29.1 Å². The molecule has 0 radical (unpaired) electrons. The Labute approximate surface area is 280 Å². The van der Waals surface area contributed by atoms with E-state index in [4.69, 9.17) is 42.6 Å². The summed E-state index contributed by atoms with van der Waals surface area (Å²) in [6, 6.07) is 11.4. The molecule has 1 fully saturated rings. The van der Waals surface area contributed by atoms with Gasteiger partial charge in [0, 0.05) is 54.4 Å². The van der Waals surface area contributed by atoms with Crippen LogP contribution < -0.4 is 25.4 Å². The number of halogens is 2. The Morgan fingerprint density at radius 1 is 0.809 bits per heavy atom. The van der Waals surface area contributed by atoms with Gasteiger partial charge in [0.15, 0.2) is 0 Å². The number of benzene rings is 2. The predicted octanol–water partition coefficient (Wildman–Crippen LogP) is 4.37. The number of carbonyl (C=O) groups excluding carboxylic acids is 1. The third-order valence-corrected chi connectivity index (χ3v) is 8.48. The van der Waals surface area contributed by atoms with Crippen molar-refractivity contribution in [2.24, 2.45) is 0 Å². The summed E-state index contributed by atoms with van der Waals surface area (Å²) >= 11 is 14.0. The molecule has 1 aliphatic rings. The number of amides is 1. The van der Waals surface area contributed by atoms with E-state index in [0.717, 1.165) is 6.42 Å². The molecule has 4 N–H and O–H groups in total. The quantitative estimate of drug-likeness (QED) is 0.140. The van der Waals surface area contributed by atoms with Gasteiger partial charge in [-0.1, -0.05) is 59.6 Å². The van der Waals surface area contributed by atoms with Gasteiger partial charge in [-0.05, 0) is 6.42 Å². The summed E-state index contributed by atoms with van der Waals surface area (Å²) in [6.45, 7) is 1.98. The monoisotopic (exact) mass is 674 g/mol. The molecule has 13 nitrogen and oxygen atoms in total.